The minimum Gasteiger partial charge on any atom is -0.497 e. The molecule has 5 heterocycles. The molecule has 6 aromatic rings. The standard InChI is InChI=1S/C31H25F3N6O/c1-41-22-11-19(10-21(32)12-22)23-3-2-4-26-24(23)13-28(36-26)30-29-27(38-39-30)6-5-25(37-29)20-9-18(14-35-15-20)16-40-8-7-31(33,34)17-40/h2-6,9-15,36H,7-8,16-17H2,1H3,(H,38,39). The average Bonchev–Trinajstić information content (AvgIpc) is 3.68. The molecule has 10 heteroatoms. The zero-order valence-corrected chi connectivity index (χ0v) is 22.1. The van der Waals surface area contributed by atoms with Crippen LogP contribution < -0.4 is 4.74 Å². The molecule has 1 aliphatic heterocycles. The van der Waals surface area contributed by atoms with Crippen molar-refractivity contribution >= 4 is 21.9 Å². The first-order valence-corrected chi connectivity index (χ1v) is 13.2. The lowest BCUT2D eigenvalue weighted by atomic mass is 10.0. The lowest BCUT2D eigenvalue weighted by Crippen LogP contribution is -2.24. The highest BCUT2D eigenvalue weighted by Crippen LogP contribution is 2.36. The summed E-state index contributed by atoms with van der Waals surface area (Å²) < 4.78 is 46.9. The van der Waals surface area contributed by atoms with Crippen LogP contribution in [0.15, 0.2) is 73.1 Å². The second-order valence-corrected chi connectivity index (χ2v) is 10.4. The van der Waals surface area contributed by atoms with Gasteiger partial charge in [-0.3, -0.25) is 15.0 Å². The zero-order valence-electron chi connectivity index (χ0n) is 22.1. The van der Waals surface area contributed by atoms with Crippen LogP contribution in [0.4, 0.5) is 13.2 Å². The minimum absolute atomic E-state index is 0.118. The van der Waals surface area contributed by atoms with Crippen molar-refractivity contribution in [1.82, 2.24) is 30.0 Å². The van der Waals surface area contributed by atoms with E-state index in [0.717, 1.165) is 38.8 Å². The van der Waals surface area contributed by atoms with E-state index in [-0.39, 0.29) is 18.8 Å². The highest BCUT2D eigenvalue weighted by molar-refractivity contribution is 6.00. The van der Waals surface area contributed by atoms with Crippen LogP contribution in [0.5, 0.6) is 5.75 Å². The van der Waals surface area contributed by atoms with E-state index in [1.807, 2.05) is 42.5 Å². The van der Waals surface area contributed by atoms with Crippen LogP contribution in [0.25, 0.3) is 55.7 Å². The number of pyridine rings is 2. The number of hydrogen-bond donors (Lipinski definition) is 2. The van der Waals surface area contributed by atoms with Crippen LogP contribution in [0.2, 0.25) is 0 Å². The molecule has 0 amide bonds. The minimum atomic E-state index is -2.64. The highest BCUT2D eigenvalue weighted by atomic mass is 19.3. The van der Waals surface area contributed by atoms with Gasteiger partial charge in [0, 0.05) is 54.4 Å². The van der Waals surface area contributed by atoms with Crippen LogP contribution in [0, 0.1) is 5.82 Å². The van der Waals surface area contributed by atoms with Gasteiger partial charge in [-0.1, -0.05) is 12.1 Å². The van der Waals surface area contributed by atoms with E-state index in [9.17, 15) is 13.2 Å². The molecule has 1 fully saturated rings. The van der Waals surface area contributed by atoms with Gasteiger partial charge in [0.15, 0.2) is 0 Å². The average molecular weight is 555 g/mol. The van der Waals surface area contributed by atoms with Gasteiger partial charge in [0.1, 0.15) is 22.8 Å². The summed E-state index contributed by atoms with van der Waals surface area (Å²) in [5.41, 5.74) is 7.62. The molecule has 41 heavy (non-hydrogen) atoms. The molecule has 1 saturated heterocycles. The number of ether oxygens (including phenoxy) is 1. The fraction of sp³-hybridized carbons (Fsp3) is 0.194. The molecule has 0 spiro atoms. The maximum Gasteiger partial charge on any atom is 0.261 e. The monoisotopic (exact) mass is 554 g/mol. The summed E-state index contributed by atoms with van der Waals surface area (Å²) in [5.74, 6) is -2.57. The van der Waals surface area contributed by atoms with Crippen molar-refractivity contribution < 1.29 is 17.9 Å². The number of nitrogens with one attached hydrogen (secondary N) is 2. The van der Waals surface area contributed by atoms with E-state index in [0.29, 0.717) is 41.3 Å². The van der Waals surface area contributed by atoms with Crippen molar-refractivity contribution in [3.05, 3.63) is 84.4 Å². The van der Waals surface area contributed by atoms with Gasteiger partial charge >= 0.3 is 0 Å². The number of hydrogen-bond acceptors (Lipinski definition) is 5. The Hall–Kier alpha value is -4.70. The molecule has 0 saturated carbocycles. The van der Waals surface area contributed by atoms with Crippen molar-refractivity contribution in [2.45, 2.75) is 18.9 Å². The first-order chi connectivity index (χ1) is 19.8. The largest absolute Gasteiger partial charge is 0.497 e. The number of aromatic nitrogens is 5. The van der Waals surface area contributed by atoms with Gasteiger partial charge in [-0.15, -0.1) is 0 Å². The topological polar surface area (TPSA) is 82.7 Å². The van der Waals surface area contributed by atoms with Gasteiger partial charge in [0.05, 0.1) is 30.6 Å². The van der Waals surface area contributed by atoms with E-state index in [4.69, 9.17) is 9.72 Å². The number of alkyl halides is 2. The Kier molecular flexibility index (Phi) is 6.01. The van der Waals surface area contributed by atoms with Gasteiger partial charge in [0.2, 0.25) is 0 Å². The molecule has 0 aliphatic carbocycles. The smallest absolute Gasteiger partial charge is 0.261 e. The quantitative estimate of drug-likeness (QED) is 0.236. The molecule has 0 atom stereocenters. The number of methoxy groups -OCH3 is 1. The summed E-state index contributed by atoms with van der Waals surface area (Å²) in [6.07, 6.45) is 3.31. The Labute approximate surface area is 233 Å². The Bertz CT molecular complexity index is 1910. The summed E-state index contributed by atoms with van der Waals surface area (Å²) in [5, 5.41) is 8.51. The van der Waals surface area contributed by atoms with Crippen LogP contribution in [0.1, 0.15) is 12.0 Å². The molecule has 206 valence electrons. The van der Waals surface area contributed by atoms with Crippen molar-refractivity contribution in [3.8, 4) is 39.5 Å². The molecular weight excluding hydrogens is 529 g/mol. The first kappa shape index (κ1) is 25.3. The zero-order chi connectivity index (χ0) is 28.1. The molecule has 0 unspecified atom stereocenters. The normalized spacial score (nSPS) is 15.2. The molecule has 0 bridgehead atoms. The van der Waals surface area contributed by atoms with Gasteiger partial charge in [-0.2, -0.15) is 5.10 Å². The van der Waals surface area contributed by atoms with Gasteiger partial charge in [-0.05, 0) is 59.2 Å². The highest BCUT2D eigenvalue weighted by Gasteiger charge is 2.37. The first-order valence-electron chi connectivity index (χ1n) is 13.2. The van der Waals surface area contributed by atoms with Crippen molar-refractivity contribution in [1.29, 1.82) is 0 Å². The molecule has 7 rings (SSSR count). The van der Waals surface area contributed by atoms with Crippen molar-refractivity contribution in [3.63, 3.8) is 0 Å². The van der Waals surface area contributed by atoms with Crippen molar-refractivity contribution in [2.75, 3.05) is 20.2 Å². The molecule has 4 aromatic heterocycles. The summed E-state index contributed by atoms with van der Waals surface area (Å²) in [6.45, 7) is 0.530. The van der Waals surface area contributed by atoms with Crippen molar-refractivity contribution in [2.24, 2.45) is 0 Å². The number of likely N-dealkylation sites (tertiary alicyclic amines) is 1. The van der Waals surface area contributed by atoms with Crippen LogP contribution >= 0.6 is 0 Å². The fourth-order valence-electron chi connectivity index (χ4n) is 5.53. The lowest BCUT2D eigenvalue weighted by molar-refractivity contribution is 0.0115. The number of rotatable bonds is 6. The number of fused-ring (bicyclic) bond motifs is 2. The SMILES string of the molecule is COc1cc(F)cc(-c2cccc3[nH]c(-c4n[nH]c5ccc(-c6cncc(CN7CCC(F)(F)C7)c6)nc45)cc23)c1. The molecule has 2 N–H and O–H groups in total. The molecular formula is C31H25F3N6O. The van der Waals surface area contributed by atoms with E-state index in [1.165, 1.54) is 19.2 Å². The molecule has 7 nitrogen and oxygen atoms in total. The molecule has 0 radical (unpaired) electrons. The maximum atomic E-state index is 14.3. The van der Waals surface area contributed by atoms with E-state index in [2.05, 4.69) is 20.2 Å². The predicted molar refractivity (Wildman–Crippen MR) is 151 cm³/mol. The van der Waals surface area contributed by atoms with Crippen LogP contribution in [0.3, 0.4) is 0 Å². The second kappa shape index (κ2) is 9.74. The van der Waals surface area contributed by atoms with Gasteiger partial charge in [0.25, 0.3) is 5.92 Å². The maximum absolute atomic E-state index is 14.3. The summed E-state index contributed by atoms with van der Waals surface area (Å²) in [6, 6.07) is 18.2. The number of nitrogens with zero attached hydrogens (tertiary/aromatic N) is 4. The number of benzene rings is 2. The lowest BCUT2D eigenvalue weighted by Gasteiger charge is -2.15. The third-order valence-electron chi connectivity index (χ3n) is 7.49. The predicted octanol–water partition coefficient (Wildman–Crippen LogP) is 6.82. The van der Waals surface area contributed by atoms with E-state index < -0.39 is 5.92 Å². The Morgan fingerprint density at radius 2 is 1.90 bits per heavy atom. The number of aromatic amines is 2. The van der Waals surface area contributed by atoms with E-state index >= 15 is 0 Å². The third-order valence-corrected chi connectivity index (χ3v) is 7.49. The fourth-order valence-corrected chi connectivity index (χ4v) is 5.53. The Morgan fingerprint density at radius 1 is 1.00 bits per heavy atom. The van der Waals surface area contributed by atoms with Gasteiger partial charge < -0.3 is 9.72 Å². The Morgan fingerprint density at radius 3 is 2.73 bits per heavy atom. The number of H-pyrrole nitrogens is 2. The Balaban J connectivity index is 1.25. The summed E-state index contributed by atoms with van der Waals surface area (Å²) >= 11 is 0. The van der Waals surface area contributed by atoms with Gasteiger partial charge in [-0.25, -0.2) is 18.2 Å². The van der Waals surface area contributed by atoms with E-state index in [1.54, 1.807) is 23.4 Å². The number of halogens is 3. The summed E-state index contributed by atoms with van der Waals surface area (Å²) in [4.78, 5) is 14.4. The van der Waals surface area contributed by atoms with Crippen LogP contribution in [-0.2, 0) is 6.54 Å². The van der Waals surface area contributed by atoms with Crippen LogP contribution in [-0.4, -0.2) is 56.2 Å². The molecule has 1 aliphatic rings. The summed E-state index contributed by atoms with van der Waals surface area (Å²) in [7, 11) is 1.51. The molecule has 2 aromatic carbocycles. The second-order valence-electron chi connectivity index (χ2n) is 10.4. The third kappa shape index (κ3) is 4.80.